The van der Waals surface area contributed by atoms with E-state index in [1.807, 2.05) is 0 Å². The van der Waals surface area contributed by atoms with Gasteiger partial charge in [-0.15, -0.1) is 0 Å². The summed E-state index contributed by atoms with van der Waals surface area (Å²) < 4.78 is 0. The smallest absolute Gasteiger partial charge is 0.238 e. The van der Waals surface area contributed by atoms with Crippen LogP contribution in [0.3, 0.4) is 0 Å². The number of pyridine rings is 1. The van der Waals surface area contributed by atoms with Gasteiger partial charge in [-0.2, -0.15) is 10.2 Å². The molecule has 0 saturated carbocycles. The van der Waals surface area contributed by atoms with E-state index in [9.17, 15) is 4.79 Å². The highest BCUT2D eigenvalue weighted by Crippen LogP contribution is 2.25. The Morgan fingerprint density at radius 1 is 1.64 bits per heavy atom. The van der Waals surface area contributed by atoms with Gasteiger partial charge in [0, 0.05) is 13.1 Å². The number of anilines is 1. The summed E-state index contributed by atoms with van der Waals surface area (Å²) in [5.41, 5.74) is 0. The number of aromatic nitrogens is 1. The fourth-order valence-corrected chi connectivity index (χ4v) is 1.30. The maximum atomic E-state index is 11.0. The zero-order valence-corrected chi connectivity index (χ0v) is 8.67. The first-order valence-corrected chi connectivity index (χ1v) is 4.33. The molecular weight excluding hydrogens is 225 g/mol. The largest absolute Gasteiger partial charge is 0.274 e. The molecule has 0 atom stereocenters. The van der Waals surface area contributed by atoms with Gasteiger partial charge in [0.15, 0.2) is 12.0 Å². The third-order valence-electron chi connectivity index (χ3n) is 1.42. The molecule has 14 heavy (non-hydrogen) atoms. The minimum atomic E-state index is -0.454. The van der Waals surface area contributed by atoms with E-state index >= 15 is 0 Å². The summed E-state index contributed by atoms with van der Waals surface area (Å²) in [7, 11) is 0. The van der Waals surface area contributed by atoms with Crippen LogP contribution in [0.5, 0.6) is 0 Å². The molecule has 0 aliphatic heterocycles. The normalized spacial score (nSPS) is 9.29. The van der Waals surface area contributed by atoms with Crippen LogP contribution < -0.4 is 4.90 Å². The maximum Gasteiger partial charge on any atom is 0.238 e. The highest BCUT2D eigenvalue weighted by molar-refractivity contribution is 6.36. The van der Waals surface area contributed by atoms with Crippen LogP contribution in [0, 0.1) is 11.5 Å². The number of carbonyl (C=O) groups is 1. The molecule has 0 aliphatic carbocycles. The molecule has 0 bridgehead atoms. The number of carbonyl (C=O) groups excluding carboxylic acids is 1. The van der Waals surface area contributed by atoms with E-state index < -0.39 is 5.91 Å². The molecule has 4 nitrogen and oxygen atoms in total. The lowest BCUT2D eigenvalue weighted by molar-refractivity contribution is -0.115. The fraction of sp³-hybridized carbons (Fsp3) is 0.125. The van der Waals surface area contributed by atoms with Crippen LogP contribution >= 0.6 is 23.2 Å². The Hall–Kier alpha value is -1.31. The van der Waals surface area contributed by atoms with Crippen LogP contribution in [-0.4, -0.2) is 10.9 Å². The van der Waals surface area contributed by atoms with E-state index in [1.165, 1.54) is 19.2 Å². The quantitative estimate of drug-likeness (QED) is 0.549. The van der Waals surface area contributed by atoms with Crippen molar-refractivity contribution in [3.05, 3.63) is 22.3 Å². The topological polar surface area (TPSA) is 57.0 Å². The van der Waals surface area contributed by atoms with Gasteiger partial charge in [-0.05, 0) is 6.07 Å². The summed E-state index contributed by atoms with van der Waals surface area (Å²) in [6, 6.07) is 1.42. The Morgan fingerprint density at radius 3 is 2.71 bits per heavy atom. The van der Waals surface area contributed by atoms with Crippen molar-refractivity contribution < 1.29 is 4.79 Å². The molecule has 0 unspecified atom stereocenters. The van der Waals surface area contributed by atoms with Crippen LogP contribution in [0.2, 0.25) is 10.0 Å². The summed E-state index contributed by atoms with van der Waals surface area (Å²) in [6.45, 7) is 1.25. The van der Waals surface area contributed by atoms with Crippen molar-refractivity contribution in [2.45, 2.75) is 6.92 Å². The minimum absolute atomic E-state index is 0.0890. The average molecular weight is 230 g/mol. The van der Waals surface area contributed by atoms with Crippen molar-refractivity contribution in [3.8, 4) is 6.19 Å². The minimum Gasteiger partial charge on any atom is -0.274 e. The van der Waals surface area contributed by atoms with E-state index in [0.29, 0.717) is 5.02 Å². The van der Waals surface area contributed by atoms with Gasteiger partial charge < -0.3 is 0 Å². The summed E-state index contributed by atoms with van der Waals surface area (Å²) in [5, 5.41) is 9.18. The van der Waals surface area contributed by atoms with Gasteiger partial charge in [-0.25, -0.2) is 4.98 Å². The van der Waals surface area contributed by atoms with Crippen molar-refractivity contribution in [2.75, 3.05) is 4.90 Å². The van der Waals surface area contributed by atoms with E-state index in [2.05, 4.69) is 4.98 Å². The van der Waals surface area contributed by atoms with Crippen LogP contribution in [0.1, 0.15) is 6.92 Å². The van der Waals surface area contributed by atoms with Crippen molar-refractivity contribution in [3.63, 3.8) is 0 Å². The molecule has 1 aromatic heterocycles. The highest BCUT2D eigenvalue weighted by Gasteiger charge is 2.15. The molecule has 6 heteroatoms. The third-order valence-corrected chi connectivity index (χ3v) is 1.90. The summed E-state index contributed by atoms with van der Waals surface area (Å²) in [5.74, 6) is -0.365. The number of hydrogen-bond acceptors (Lipinski definition) is 3. The van der Waals surface area contributed by atoms with Gasteiger partial charge in [0.1, 0.15) is 0 Å². The van der Waals surface area contributed by atoms with Crippen molar-refractivity contribution in [2.24, 2.45) is 0 Å². The number of amides is 1. The van der Waals surface area contributed by atoms with Crippen LogP contribution in [0.4, 0.5) is 5.82 Å². The van der Waals surface area contributed by atoms with Gasteiger partial charge in [0.25, 0.3) is 0 Å². The van der Waals surface area contributed by atoms with Gasteiger partial charge >= 0.3 is 0 Å². The summed E-state index contributed by atoms with van der Waals surface area (Å²) in [4.78, 5) is 15.6. The molecule has 1 rings (SSSR count). The molecule has 1 heterocycles. The standard InChI is InChI=1S/C8H5Cl2N3O/c1-5(14)13(4-11)8-7(10)2-6(9)3-12-8/h2-3H,1H3. The van der Waals surface area contributed by atoms with Crippen LogP contribution in [0.25, 0.3) is 0 Å². The second kappa shape index (κ2) is 4.27. The Morgan fingerprint density at radius 2 is 2.29 bits per heavy atom. The van der Waals surface area contributed by atoms with Crippen molar-refractivity contribution in [1.82, 2.24) is 4.98 Å². The summed E-state index contributed by atoms with van der Waals surface area (Å²) in [6.07, 6.45) is 2.99. The molecule has 0 N–H and O–H groups in total. The van der Waals surface area contributed by atoms with E-state index in [0.717, 1.165) is 4.90 Å². The zero-order valence-electron chi connectivity index (χ0n) is 7.16. The van der Waals surface area contributed by atoms with Gasteiger partial charge in [-0.3, -0.25) is 4.79 Å². The molecule has 0 aromatic carbocycles. The lowest BCUT2D eigenvalue weighted by atomic mass is 10.4. The van der Waals surface area contributed by atoms with E-state index in [4.69, 9.17) is 28.5 Å². The predicted octanol–water partition coefficient (Wildman–Crippen LogP) is 2.22. The molecule has 1 amide bonds. The van der Waals surface area contributed by atoms with Gasteiger partial charge in [0.2, 0.25) is 5.91 Å². The van der Waals surface area contributed by atoms with Crippen LogP contribution in [0.15, 0.2) is 12.3 Å². The molecule has 0 radical (unpaired) electrons. The second-order valence-corrected chi connectivity index (χ2v) is 3.26. The Balaban J connectivity index is 3.19. The highest BCUT2D eigenvalue weighted by atomic mass is 35.5. The van der Waals surface area contributed by atoms with Crippen LogP contribution in [-0.2, 0) is 4.79 Å². The Labute approximate surface area is 90.7 Å². The van der Waals surface area contributed by atoms with E-state index in [1.54, 1.807) is 6.19 Å². The Kier molecular flexibility index (Phi) is 3.28. The molecule has 0 fully saturated rings. The second-order valence-electron chi connectivity index (χ2n) is 2.41. The number of nitrogens with zero attached hydrogens (tertiary/aromatic N) is 3. The summed E-state index contributed by atoms with van der Waals surface area (Å²) >= 11 is 11.4. The van der Waals surface area contributed by atoms with Crippen molar-refractivity contribution in [1.29, 1.82) is 5.26 Å². The first-order chi connectivity index (χ1) is 6.56. The lowest BCUT2D eigenvalue weighted by Crippen LogP contribution is -2.23. The van der Waals surface area contributed by atoms with Gasteiger partial charge in [0.05, 0.1) is 10.0 Å². The zero-order chi connectivity index (χ0) is 10.7. The molecule has 0 saturated heterocycles. The third kappa shape index (κ3) is 2.13. The fourth-order valence-electron chi connectivity index (χ4n) is 0.839. The number of nitriles is 1. The molecule has 0 spiro atoms. The SMILES string of the molecule is CC(=O)N(C#N)c1ncc(Cl)cc1Cl. The van der Waals surface area contributed by atoms with E-state index in [-0.39, 0.29) is 10.8 Å². The molecular formula is C8H5Cl2N3O. The monoisotopic (exact) mass is 229 g/mol. The molecule has 1 aromatic rings. The number of halogens is 2. The number of hydrogen-bond donors (Lipinski definition) is 0. The predicted molar refractivity (Wildman–Crippen MR) is 53.0 cm³/mol. The van der Waals surface area contributed by atoms with Gasteiger partial charge in [-0.1, -0.05) is 23.2 Å². The first-order valence-electron chi connectivity index (χ1n) is 3.57. The first kappa shape index (κ1) is 10.8. The van der Waals surface area contributed by atoms with Crippen molar-refractivity contribution >= 4 is 34.9 Å². The Bertz CT molecular complexity index is 414. The molecule has 72 valence electrons. The molecule has 0 aliphatic rings. The average Bonchev–Trinajstić information content (AvgIpc) is 2.09. The number of rotatable bonds is 1. The lowest BCUT2D eigenvalue weighted by Gasteiger charge is -2.11. The maximum absolute atomic E-state index is 11.0.